The molecule has 142 valence electrons. The van der Waals surface area contributed by atoms with Gasteiger partial charge in [-0.05, 0) is 44.0 Å². The van der Waals surface area contributed by atoms with E-state index in [1.165, 1.54) is 12.8 Å². The van der Waals surface area contributed by atoms with Crippen LogP contribution in [0.2, 0.25) is 0 Å². The van der Waals surface area contributed by atoms with Gasteiger partial charge in [0.2, 0.25) is 0 Å². The van der Waals surface area contributed by atoms with Crippen LogP contribution in [0, 0.1) is 6.92 Å². The van der Waals surface area contributed by atoms with Crippen molar-refractivity contribution in [2.45, 2.75) is 46.5 Å². The maximum Gasteiger partial charge on any atom is 0.107 e. The van der Waals surface area contributed by atoms with Crippen LogP contribution in [0.4, 0.5) is 0 Å². The Morgan fingerprint density at radius 3 is 1.96 bits per heavy atom. The number of aromatic amines is 2. The summed E-state index contributed by atoms with van der Waals surface area (Å²) in [4.78, 5) is 15.2. The lowest BCUT2D eigenvalue weighted by Crippen LogP contribution is -1.86. The van der Waals surface area contributed by atoms with Gasteiger partial charge in [-0.15, -0.1) is 6.58 Å². The highest BCUT2D eigenvalue weighted by molar-refractivity contribution is 5.75. The molecule has 0 amide bonds. The second-order valence-electron chi connectivity index (χ2n) is 6.34. The van der Waals surface area contributed by atoms with E-state index < -0.39 is 0 Å². The third-order valence-electron chi connectivity index (χ3n) is 4.00. The van der Waals surface area contributed by atoms with Crippen LogP contribution in [-0.2, 0) is 6.42 Å². The standard InChI is InChI=1S/C11H14N2.C8H8N2.C4H8/c1-2-3-8-11-12-9-6-4-5-7-10(9)13-11;1-6-9-7-4-2-3-5-8(7)10-6;1-3-4-2/h4-7H,2-3,8H2,1H3,(H,12,13);2-5H,1H3,(H,9,10);3H,1,4H2,2H3. The fraction of sp³-hybridized carbons (Fsp3) is 0.304. The van der Waals surface area contributed by atoms with Crippen molar-refractivity contribution in [2.75, 3.05) is 0 Å². The zero-order valence-electron chi connectivity index (χ0n) is 16.6. The van der Waals surface area contributed by atoms with Gasteiger partial charge in [0.05, 0.1) is 22.1 Å². The summed E-state index contributed by atoms with van der Waals surface area (Å²) in [5.41, 5.74) is 4.38. The molecule has 0 spiro atoms. The van der Waals surface area contributed by atoms with E-state index in [4.69, 9.17) is 0 Å². The molecule has 0 unspecified atom stereocenters. The van der Waals surface area contributed by atoms with Crippen LogP contribution in [0.15, 0.2) is 61.2 Å². The molecule has 0 saturated carbocycles. The number of nitrogens with zero attached hydrogens (tertiary/aromatic N) is 2. The van der Waals surface area contributed by atoms with Crippen LogP contribution in [0.5, 0.6) is 0 Å². The fourth-order valence-corrected chi connectivity index (χ4v) is 2.55. The molecular weight excluding hydrogens is 332 g/mol. The maximum atomic E-state index is 4.49. The number of aryl methyl sites for hydroxylation is 2. The van der Waals surface area contributed by atoms with E-state index in [0.29, 0.717) is 0 Å². The number of hydrogen-bond acceptors (Lipinski definition) is 2. The molecule has 0 aliphatic carbocycles. The second-order valence-corrected chi connectivity index (χ2v) is 6.34. The summed E-state index contributed by atoms with van der Waals surface area (Å²) < 4.78 is 0. The quantitative estimate of drug-likeness (QED) is 0.415. The SMILES string of the molecule is C=CCC.CCCCc1nc2ccccc2[nH]1.Cc1nc2ccccc2[nH]1. The van der Waals surface area contributed by atoms with Gasteiger partial charge in [0.15, 0.2) is 0 Å². The largest absolute Gasteiger partial charge is 0.342 e. The van der Waals surface area contributed by atoms with Crippen LogP contribution >= 0.6 is 0 Å². The first-order valence-corrected chi connectivity index (χ1v) is 9.63. The minimum Gasteiger partial charge on any atom is -0.342 e. The number of para-hydroxylation sites is 4. The van der Waals surface area contributed by atoms with Crippen LogP contribution in [0.3, 0.4) is 0 Å². The van der Waals surface area contributed by atoms with Crippen LogP contribution in [0.25, 0.3) is 22.1 Å². The summed E-state index contributed by atoms with van der Waals surface area (Å²) in [6, 6.07) is 16.2. The fourth-order valence-electron chi connectivity index (χ4n) is 2.55. The van der Waals surface area contributed by atoms with Crippen LogP contribution in [-0.4, -0.2) is 19.9 Å². The number of benzene rings is 2. The van der Waals surface area contributed by atoms with Gasteiger partial charge in [-0.25, -0.2) is 9.97 Å². The average molecular weight is 363 g/mol. The Balaban J connectivity index is 0.000000166. The number of imidazole rings is 2. The molecule has 27 heavy (non-hydrogen) atoms. The van der Waals surface area contributed by atoms with Crippen molar-refractivity contribution in [3.8, 4) is 0 Å². The van der Waals surface area contributed by atoms with E-state index in [2.05, 4.69) is 46.4 Å². The van der Waals surface area contributed by atoms with Crippen molar-refractivity contribution in [1.82, 2.24) is 19.9 Å². The normalized spacial score (nSPS) is 10.0. The predicted octanol–water partition coefficient (Wildman–Crippen LogP) is 6.36. The summed E-state index contributed by atoms with van der Waals surface area (Å²) in [6.45, 7) is 9.70. The molecule has 0 radical (unpaired) electrons. The first-order valence-electron chi connectivity index (χ1n) is 9.63. The molecule has 4 rings (SSSR count). The van der Waals surface area contributed by atoms with Crippen LogP contribution in [0.1, 0.15) is 44.8 Å². The Bertz CT molecular complexity index is 883. The molecule has 2 aromatic carbocycles. The highest BCUT2D eigenvalue weighted by atomic mass is 14.9. The van der Waals surface area contributed by atoms with Crippen LogP contribution < -0.4 is 0 Å². The van der Waals surface area contributed by atoms with E-state index in [9.17, 15) is 0 Å². The molecule has 0 aliphatic heterocycles. The molecule has 2 heterocycles. The number of hydrogen-bond donors (Lipinski definition) is 2. The molecule has 0 fully saturated rings. The Morgan fingerprint density at radius 1 is 0.889 bits per heavy atom. The minimum atomic E-state index is 0.973. The lowest BCUT2D eigenvalue weighted by molar-refractivity contribution is 0.765. The summed E-state index contributed by atoms with van der Waals surface area (Å²) in [5.74, 6) is 2.09. The number of aromatic nitrogens is 4. The van der Waals surface area contributed by atoms with Gasteiger partial charge in [0.25, 0.3) is 0 Å². The van der Waals surface area contributed by atoms with E-state index >= 15 is 0 Å². The van der Waals surface area contributed by atoms with Crippen molar-refractivity contribution >= 4 is 22.1 Å². The first kappa shape index (κ1) is 20.4. The van der Waals surface area contributed by atoms with Crippen molar-refractivity contribution < 1.29 is 0 Å². The van der Waals surface area contributed by atoms with E-state index in [-0.39, 0.29) is 0 Å². The zero-order valence-corrected chi connectivity index (χ0v) is 16.6. The molecule has 2 N–H and O–H groups in total. The van der Waals surface area contributed by atoms with E-state index in [1.807, 2.05) is 55.5 Å². The van der Waals surface area contributed by atoms with Crippen molar-refractivity contribution in [3.63, 3.8) is 0 Å². The average Bonchev–Trinajstić information content (AvgIpc) is 3.28. The molecule has 4 nitrogen and oxygen atoms in total. The highest BCUT2D eigenvalue weighted by Crippen LogP contribution is 2.11. The van der Waals surface area contributed by atoms with Crippen molar-refractivity contribution in [2.24, 2.45) is 0 Å². The summed E-state index contributed by atoms with van der Waals surface area (Å²) in [5, 5.41) is 0. The Hall–Kier alpha value is -2.88. The molecule has 0 saturated heterocycles. The molecule has 0 bridgehead atoms. The Morgan fingerprint density at radius 2 is 1.44 bits per heavy atom. The molecule has 0 atom stereocenters. The molecule has 2 aromatic heterocycles. The number of rotatable bonds is 4. The number of nitrogens with one attached hydrogen (secondary N) is 2. The van der Waals surface area contributed by atoms with Crippen molar-refractivity contribution in [3.05, 3.63) is 72.8 Å². The number of H-pyrrole nitrogens is 2. The third-order valence-corrected chi connectivity index (χ3v) is 4.00. The molecular formula is C23H30N4. The lowest BCUT2D eigenvalue weighted by atomic mass is 10.2. The van der Waals surface area contributed by atoms with E-state index in [1.54, 1.807) is 0 Å². The second kappa shape index (κ2) is 11.0. The molecule has 0 aliphatic rings. The predicted molar refractivity (Wildman–Crippen MR) is 116 cm³/mol. The van der Waals surface area contributed by atoms with Gasteiger partial charge in [-0.3, -0.25) is 0 Å². The third kappa shape index (κ3) is 6.41. The van der Waals surface area contributed by atoms with Gasteiger partial charge in [0, 0.05) is 6.42 Å². The number of unbranched alkanes of at least 4 members (excludes halogenated alkanes) is 1. The molecule has 4 heteroatoms. The lowest BCUT2D eigenvalue weighted by Gasteiger charge is -1.90. The first-order chi connectivity index (χ1) is 13.2. The highest BCUT2D eigenvalue weighted by Gasteiger charge is 1.99. The maximum absolute atomic E-state index is 4.49. The van der Waals surface area contributed by atoms with Gasteiger partial charge in [-0.2, -0.15) is 0 Å². The zero-order chi connectivity index (χ0) is 19.5. The summed E-state index contributed by atoms with van der Waals surface area (Å²) in [6.07, 6.45) is 6.45. The monoisotopic (exact) mass is 362 g/mol. The Kier molecular flexibility index (Phi) is 8.30. The Labute approximate surface area is 161 Å². The summed E-state index contributed by atoms with van der Waals surface area (Å²) in [7, 11) is 0. The van der Waals surface area contributed by atoms with E-state index in [0.717, 1.165) is 46.6 Å². The minimum absolute atomic E-state index is 0.973. The molecule has 4 aromatic rings. The van der Waals surface area contributed by atoms with Gasteiger partial charge in [0.1, 0.15) is 11.6 Å². The number of allylic oxidation sites excluding steroid dienone is 1. The van der Waals surface area contributed by atoms with Crippen molar-refractivity contribution in [1.29, 1.82) is 0 Å². The van der Waals surface area contributed by atoms with Gasteiger partial charge in [-0.1, -0.05) is 50.6 Å². The van der Waals surface area contributed by atoms with Gasteiger partial charge >= 0.3 is 0 Å². The topological polar surface area (TPSA) is 57.4 Å². The smallest absolute Gasteiger partial charge is 0.107 e. The summed E-state index contributed by atoms with van der Waals surface area (Å²) >= 11 is 0. The number of fused-ring (bicyclic) bond motifs is 2. The van der Waals surface area contributed by atoms with Gasteiger partial charge < -0.3 is 9.97 Å².